The summed E-state index contributed by atoms with van der Waals surface area (Å²) in [6, 6.07) is 5.37. The Morgan fingerprint density at radius 1 is 1.28 bits per heavy atom. The Labute approximate surface area is 106 Å². The second-order valence-electron chi connectivity index (χ2n) is 3.95. The SMILES string of the molecule is CCc1ccc(O)c(N/N=C2/C=CC=CC2=N)c1. The van der Waals surface area contributed by atoms with Gasteiger partial charge in [0.15, 0.2) is 0 Å². The highest BCUT2D eigenvalue weighted by Gasteiger charge is 2.05. The molecule has 0 saturated carbocycles. The minimum Gasteiger partial charge on any atom is -0.506 e. The number of aryl methyl sites for hydroxylation is 1. The molecule has 0 amide bonds. The van der Waals surface area contributed by atoms with Gasteiger partial charge in [0.2, 0.25) is 0 Å². The van der Waals surface area contributed by atoms with Crippen LogP contribution in [0.3, 0.4) is 0 Å². The fraction of sp³-hybridized carbons (Fsp3) is 0.143. The molecule has 0 atom stereocenters. The fourth-order valence-corrected chi connectivity index (χ4v) is 1.58. The molecule has 4 nitrogen and oxygen atoms in total. The van der Waals surface area contributed by atoms with Crippen molar-refractivity contribution in [3.63, 3.8) is 0 Å². The first-order valence-corrected chi connectivity index (χ1v) is 5.80. The highest BCUT2D eigenvalue weighted by molar-refractivity contribution is 6.50. The zero-order chi connectivity index (χ0) is 13.0. The normalized spacial score (nSPS) is 16.3. The molecular weight excluding hydrogens is 226 g/mol. The van der Waals surface area contributed by atoms with E-state index in [0.717, 1.165) is 12.0 Å². The average molecular weight is 241 g/mol. The van der Waals surface area contributed by atoms with E-state index in [0.29, 0.717) is 17.1 Å². The van der Waals surface area contributed by atoms with Crippen molar-refractivity contribution in [3.05, 3.63) is 48.1 Å². The molecule has 0 fully saturated rings. The highest BCUT2D eigenvalue weighted by Crippen LogP contribution is 2.24. The summed E-state index contributed by atoms with van der Waals surface area (Å²) >= 11 is 0. The van der Waals surface area contributed by atoms with Gasteiger partial charge in [-0.15, -0.1) is 0 Å². The van der Waals surface area contributed by atoms with E-state index < -0.39 is 0 Å². The highest BCUT2D eigenvalue weighted by atomic mass is 16.3. The molecule has 0 radical (unpaired) electrons. The molecule has 18 heavy (non-hydrogen) atoms. The van der Waals surface area contributed by atoms with Crippen LogP contribution in [-0.4, -0.2) is 16.5 Å². The summed E-state index contributed by atoms with van der Waals surface area (Å²) in [6.45, 7) is 2.05. The number of aromatic hydroxyl groups is 1. The maximum absolute atomic E-state index is 9.71. The third-order valence-electron chi connectivity index (χ3n) is 2.67. The number of anilines is 1. The van der Waals surface area contributed by atoms with Gasteiger partial charge in [0.25, 0.3) is 0 Å². The van der Waals surface area contributed by atoms with Crippen LogP contribution in [0.4, 0.5) is 5.69 Å². The largest absolute Gasteiger partial charge is 0.506 e. The van der Waals surface area contributed by atoms with E-state index in [1.165, 1.54) is 0 Å². The third kappa shape index (κ3) is 2.66. The number of nitrogens with zero attached hydrogens (tertiary/aromatic N) is 1. The number of allylic oxidation sites excluding steroid dienone is 4. The number of phenols is 1. The molecule has 0 unspecified atom stereocenters. The molecule has 4 heteroatoms. The number of benzene rings is 1. The second kappa shape index (κ2) is 5.31. The van der Waals surface area contributed by atoms with Crippen molar-refractivity contribution < 1.29 is 5.11 Å². The van der Waals surface area contributed by atoms with Gasteiger partial charge in [0.05, 0.1) is 11.4 Å². The molecule has 0 spiro atoms. The summed E-state index contributed by atoms with van der Waals surface area (Å²) < 4.78 is 0. The van der Waals surface area contributed by atoms with Gasteiger partial charge in [0.1, 0.15) is 11.5 Å². The molecular formula is C14H15N3O. The van der Waals surface area contributed by atoms with Gasteiger partial charge in [0, 0.05) is 0 Å². The monoisotopic (exact) mass is 241 g/mol. The predicted octanol–water partition coefficient (Wildman–Crippen LogP) is 2.87. The fourth-order valence-electron chi connectivity index (χ4n) is 1.58. The van der Waals surface area contributed by atoms with Crippen LogP contribution >= 0.6 is 0 Å². The number of hydrogen-bond acceptors (Lipinski definition) is 4. The molecule has 1 aliphatic rings. The first kappa shape index (κ1) is 12.1. The molecule has 3 N–H and O–H groups in total. The van der Waals surface area contributed by atoms with Gasteiger partial charge in [-0.1, -0.05) is 25.1 Å². The van der Waals surface area contributed by atoms with Crippen molar-refractivity contribution in [2.75, 3.05) is 5.43 Å². The first-order chi connectivity index (χ1) is 8.70. The van der Waals surface area contributed by atoms with Crippen LogP contribution in [0.5, 0.6) is 5.75 Å². The van der Waals surface area contributed by atoms with Crippen LogP contribution in [-0.2, 0) is 6.42 Å². The van der Waals surface area contributed by atoms with Crippen molar-refractivity contribution in [2.45, 2.75) is 13.3 Å². The number of hydrogen-bond donors (Lipinski definition) is 3. The topological polar surface area (TPSA) is 68.5 Å². The van der Waals surface area contributed by atoms with Crippen LogP contribution in [0.1, 0.15) is 12.5 Å². The summed E-state index contributed by atoms with van der Waals surface area (Å²) in [5.41, 5.74) is 5.35. The molecule has 92 valence electrons. The van der Waals surface area contributed by atoms with Crippen molar-refractivity contribution in [3.8, 4) is 5.75 Å². The summed E-state index contributed by atoms with van der Waals surface area (Å²) in [4.78, 5) is 0. The van der Waals surface area contributed by atoms with Crippen molar-refractivity contribution in [1.82, 2.24) is 0 Å². The molecule has 0 saturated heterocycles. The molecule has 2 rings (SSSR count). The van der Waals surface area contributed by atoms with Crippen LogP contribution in [0.15, 0.2) is 47.6 Å². The predicted molar refractivity (Wildman–Crippen MR) is 74.5 cm³/mol. The molecule has 1 aromatic rings. The lowest BCUT2D eigenvalue weighted by atomic mass is 10.1. The van der Waals surface area contributed by atoms with Gasteiger partial charge >= 0.3 is 0 Å². The number of phenolic OH excluding ortho intramolecular Hbond substituents is 1. The van der Waals surface area contributed by atoms with E-state index >= 15 is 0 Å². The average Bonchev–Trinajstić information content (AvgIpc) is 2.39. The van der Waals surface area contributed by atoms with E-state index in [1.807, 2.05) is 25.1 Å². The van der Waals surface area contributed by atoms with Crippen LogP contribution in [0.2, 0.25) is 0 Å². The third-order valence-corrected chi connectivity index (χ3v) is 2.67. The van der Waals surface area contributed by atoms with Gasteiger partial charge in [-0.25, -0.2) is 0 Å². The molecule has 0 bridgehead atoms. The standard InChI is InChI=1S/C14H15N3O/c1-2-10-7-8-14(18)13(9-10)17-16-12-6-4-3-5-11(12)15/h3-9,15,17-18H,2H2,1H3/b15-11?,16-12-. The molecule has 0 heterocycles. The Kier molecular flexibility index (Phi) is 3.57. The Morgan fingerprint density at radius 2 is 2.06 bits per heavy atom. The maximum atomic E-state index is 9.71. The Balaban J connectivity index is 2.19. The summed E-state index contributed by atoms with van der Waals surface area (Å²) in [5, 5.41) is 21.5. The van der Waals surface area contributed by atoms with Crippen molar-refractivity contribution in [1.29, 1.82) is 5.41 Å². The Bertz CT molecular complexity index is 556. The number of hydrazone groups is 1. The summed E-state index contributed by atoms with van der Waals surface area (Å²) in [7, 11) is 0. The van der Waals surface area contributed by atoms with Crippen LogP contribution in [0.25, 0.3) is 0 Å². The minimum atomic E-state index is 0.151. The Morgan fingerprint density at radius 3 is 2.78 bits per heavy atom. The smallest absolute Gasteiger partial charge is 0.140 e. The molecule has 1 aliphatic carbocycles. The quantitative estimate of drug-likeness (QED) is 0.432. The molecule has 1 aromatic carbocycles. The van der Waals surface area contributed by atoms with E-state index in [-0.39, 0.29) is 5.75 Å². The van der Waals surface area contributed by atoms with Crippen molar-refractivity contribution >= 4 is 17.1 Å². The summed E-state index contributed by atoms with van der Waals surface area (Å²) in [5.74, 6) is 0.151. The van der Waals surface area contributed by atoms with E-state index in [4.69, 9.17) is 5.41 Å². The minimum absolute atomic E-state index is 0.151. The van der Waals surface area contributed by atoms with Crippen LogP contribution in [0, 0.1) is 5.41 Å². The number of rotatable bonds is 3. The van der Waals surface area contributed by atoms with Gasteiger partial charge in [-0.2, -0.15) is 5.10 Å². The van der Waals surface area contributed by atoms with Gasteiger partial charge in [-0.05, 0) is 36.3 Å². The molecule has 0 aromatic heterocycles. The number of nitrogens with one attached hydrogen (secondary N) is 2. The zero-order valence-corrected chi connectivity index (χ0v) is 10.1. The molecule has 0 aliphatic heterocycles. The van der Waals surface area contributed by atoms with Gasteiger partial charge < -0.3 is 5.11 Å². The maximum Gasteiger partial charge on any atom is 0.140 e. The zero-order valence-electron chi connectivity index (χ0n) is 10.1. The van der Waals surface area contributed by atoms with Crippen molar-refractivity contribution in [2.24, 2.45) is 5.10 Å². The Hall–Kier alpha value is -2.36. The first-order valence-electron chi connectivity index (χ1n) is 5.80. The second-order valence-corrected chi connectivity index (χ2v) is 3.95. The summed E-state index contributed by atoms with van der Waals surface area (Å²) in [6.07, 6.45) is 7.92. The van der Waals surface area contributed by atoms with Crippen LogP contribution < -0.4 is 5.43 Å². The lowest BCUT2D eigenvalue weighted by Crippen LogP contribution is -2.11. The van der Waals surface area contributed by atoms with E-state index in [1.54, 1.807) is 24.3 Å². The lowest BCUT2D eigenvalue weighted by Gasteiger charge is -2.08. The van der Waals surface area contributed by atoms with E-state index in [2.05, 4.69) is 10.5 Å². The van der Waals surface area contributed by atoms with Gasteiger partial charge in [-0.3, -0.25) is 10.8 Å². The lowest BCUT2D eigenvalue weighted by molar-refractivity contribution is 0.477. The van der Waals surface area contributed by atoms with E-state index in [9.17, 15) is 5.11 Å².